The highest BCUT2D eigenvalue weighted by molar-refractivity contribution is 5.92. The number of carbonyl (C=O) groups excluding carboxylic acids is 1. The van der Waals surface area contributed by atoms with Crippen molar-refractivity contribution >= 4 is 11.6 Å². The van der Waals surface area contributed by atoms with Crippen LogP contribution in [0.15, 0.2) is 6.20 Å². The SMILES string of the molecule is CCCCN1CCC[C@H](c2[nH]ncc2NC(=O)COC)C1. The molecule has 2 N–H and O–H groups in total. The average Bonchev–Trinajstić information content (AvgIpc) is 2.93. The molecule has 1 saturated heterocycles. The summed E-state index contributed by atoms with van der Waals surface area (Å²) < 4.78 is 4.85. The number of nitrogens with zero attached hydrogens (tertiary/aromatic N) is 2. The molecule has 1 atom stereocenters. The lowest BCUT2D eigenvalue weighted by Gasteiger charge is -2.32. The van der Waals surface area contributed by atoms with Gasteiger partial charge in [-0.15, -0.1) is 0 Å². The van der Waals surface area contributed by atoms with E-state index in [1.165, 1.54) is 32.9 Å². The van der Waals surface area contributed by atoms with E-state index in [-0.39, 0.29) is 12.5 Å². The summed E-state index contributed by atoms with van der Waals surface area (Å²) in [7, 11) is 1.52. The molecule has 0 radical (unpaired) electrons. The van der Waals surface area contributed by atoms with Gasteiger partial charge in [-0.25, -0.2) is 0 Å². The van der Waals surface area contributed by atoms with E-state index in [2.05, 4.69) is 27.3 Å². The lowest BCUT2D eigenvalue weighted by molar-refractivity contribution is -0.119. The Hall–Kier alpha value is -1.40. The number of anilines is 1. The van der Waals surface area contributed by atoms with E-state index in [9.17, 15) is 4.79 Å². The predicted octanol–water partition coefficient (Wildman–Crippen LogP) is 1.97. The van der Waals surface area contributed by atoms with Gasteiger partial charge in [0.2, 0.25) is 5.91 Å². The van der Waals surface area contributed by atoms with Crippen LogP contribution in [0.25, 0.3) is 0 Å². The van der Waals surface area contributed by atoms with Gasteiger partial charge in [-0.3, -0.25) is 9.89 Å². The van der Waals surface area contributed by atoms with Gasteiger partial charge in [0.25, 0.3) is 0 Å². The lowest BCUT2D eigenvalue weighted by Crippen LogP contribution is -2.35. The maximum absolute atomic E-state index is 11.7. The second-order valence-corrected chi connectivity index (χ2v) is 5.67. The van der Waals surface area contributed by atoms with Crippen molar-refractivity contribution in [1.29, 1.82) is 0 Å². The van der Waals surface area contributed by atoms with Crippen molar-refractivity contribution in [2.75, 3.05) is 38.7 Å². The van der Waals surface area contributed by atoms with Crippen molar-refractivity contribution in [2.45, 2.75) is 38.5 Å². The maximum Gasteiger partial charge on any atom is 0.250 e. The van der Waals surface area contributed by atoms with Crippen LogP contribution in [-0.2, 0) is 9.53 Å². The van der Waals surface area contributed by atoms with Crippen molar-refractivity contribution in [3.63, 3.8) is 0 Å². The van der Waals surface area contributed by atoms with Crippen LogP contribution >= 0.6 is 0 Å². The topological polar surface area (TPSA) is 70.2 Å². The molecule has 0 bridgehead atoms. The van der Waals surface area contributed by atoms with E-state index in [4.69, 9.17) is 4.74 Å². The molecule has 1 aliphatic heterocycles. The molecule has 2 heterocycles. The van der Waals surface area contributed by atoms with Crippen LogP contribution in [0.4, 0.5) is 5.69 Å². The minimum atomic E-state index is -0.140. The molecule has 0 unspecified atom stereocenters. The number of ether oxygens (including phenoxy) is 1. The Labute approximate surface area is 126 Å². The van der Waals surface area contributed by atoms with Crippen molar-refractivity contribution in [2.24, 2.45) is 0 Å². The highest BCUT2D eigenvalue weighted by Crippen LogP contribution is 2.30. The molecule has 1 aromatic heterocycles. The number of hydrogen-bond acceptors (Lipinski definition) is 4. The number of hydrogen-bond donors (Lipinski definition) is 2. The number of H-pyrrole nitrogens is 1. The molecule has 21 heavy (non-hydrogen) atoms. The Balaban J connectivity index is 1.97. The Kier molecular flexibility index (Phi) is 6.20. The molecule has 1 fully saturated rings. The fourth-order valence-corrected chi connectivity index (χ4v) is 2.90. The van der Waals surface area contributed by atoms with Crippen LogP contribution in [0.5, 0.6) is 0 Å². The zero-order chi connectivity index (χ0) is 15.1. The molecular formula is C15H26N4O2. The first kappa shape index (κ1) is 16.0. The summed E-state index contributed by atoms with van der Waals surface area (Å²) in [5.41, 5.74) is 1.83. The van der Waals surface area contributed by atoms with Gasteiger partial charge in [0.15, 0.2) is 0 Å². The van der Waals surface area contributed by atoms with Crippen molar-refractivity contribution in [3.05, 3.63) is 11.9 Å². The largest absolute Gasteiger partial charge is 0.375 e. The Morgan fingerprint density at radius 1 is 1.62 bits per heavy atom. The van der Waals surface area contributed by atoms with Gasteiger partial charge >= 0.3 is 0 Å². The Morgan fingerprint density at radius 3 is 3.24 bits per heavy atom. The minimum absolute atomic E-state index is 0.0674. The highest BCUT2D eigenvalue weighted by atomic mass is 16.5. The first-order valence-electron chi connectivity index (χ1n) is 7.79. The molecule has 2 rings (SSSR count). The second kappa shape index (κ2) is 8.14. The number of methoxy groups -OCH3 is 1. The number of amides is 1. The first-order chi connectivity index (χ1) is 10.2. The average molecular weight is 294 g/mol. The smallest absolute Gasteiger partial charge is 0.250 e. The van der Waals surface area contributed by atoms with Gasteiger partial charge in [0.1, 0.15) is 6.61 Å². The maximum atomic E-state index is 11.7. The van der Waals surface area contributed by atoms with E-state index >= 15 is 0 Å². The molecule has 0 spiro atoms. The molecule has 0 aromatic carbocycles. The molecule has 0 aliphatic carbocycles. The van der Waals surface area contributed by atoms with Crippen molar-refractivity contribution in [1.82, 2.24) is 15.1 Å². The zero-order valence-electron chi connectivity index (χ0n) is 13.0. The van der Waals surface area contributed by atoms with Crippen LogP contribution in [0.3, 0.4) is 0 Å². The number of carbonyl (C=O) groups is 1. The lowest BCUT2D eigenvalue weighted by atomic mass is 9.94. The molecule has 6 nitrogen and oxygen atoms in total. The third-order valence-corrected chi connectivity index (χ3v) is 3.96. The summed E-state index contributed by atoms with van der Waals surface area (Å²) in [6, 6.07) is 0. The minimum Gasteiger partial charge on any atom is -0.375 e. The van der Waals surface area contributed by atoms with Crippen molar-refractivity contribution < 1.29 is 9.53 Å². The van der Waals surface area contributed by atoms with Crippen LogP contribution in [-0.4, -0.2) is 54.4 Å². The summed E-state index contributed by atoms with van der Waals surface area (Å²) in [5, 5.41) is 10.0. The third kappa shape index (κ3) is 4.54. The van der Waals surface area contributed by atoms with E-state index in [1.807, 2.05) is 0 Å². The summed E-state index contributed by atoms with van der Waals surface area (Å²) in [6.45, 7) is 5.66. The number of piperidine rings is 1. The molecule has 1 aliphatic rings. The van der Waals surface area contributed by atoms with Gasteiger partial charge in [-0.2, -0.15) is 5.10 Å². The quantitative estimate of drug-likeness (QED) is 0.806. The third-order valence-electron chi connectivity index (χ3n) is 3.96. The van der Waals surface area contributed by atoms with Crippen LogP contribution in [0.2, 0.25) is 0 Å². The van der Waals surface area contributed by atoms with E-state index in [1.54, 1.807) is 6.20 Å². The van der Waals surface area contributed by atoms with Crippen LogP contribution in [0, 0.1) is 0 Å². The molecular weight excluding hydrogens is 268 g/mol. The van der Waals surface area contributed by atoms with Gasteiger partial charge in [-0.05, 0) is 32.4 Å². The number of aromatic nitrogens is 2. The second-order valence-electron chi connectivity index (χ2n) is 5.67. The molecule has 1 amide bonds. The number of nitrogens with one attached hydrogen (secondary N) is 2. The number of likely N-dealkylation sites (tertiary alicyclic amines) is 1. The Morgan fingerprint density at radius 2 is 2.48 bits per heavy atom. The normalized spacial score (nSPS) is 19.6. The summed E-state index contributed by atoms with van der Waals surface area (Å²) in [5.74, 6) is 0.273. The van der Waals surface area contributed by atoms with Crippen LogP contribution < -0.4 is 5.32 Å². The molecule has 6 heteroatoms. The summed E-state index contributed by atoms with van der Waals surface area (Å²) in [4.78, 5) is 14.2. The molecule has 118 valence electrons. The summed E-state index contributed by atoms with van der Waals surface area (Å²) in [6.07, 6.45) is 6.49. The van der Waals surface area contributed by atoms with E-state index in [0.29, 0.717) is 5.92 Å². The molecule has 0 saturated carbocycles. The molecule has 1 aromatic rings. The van der Waals surface area contributed by atoms with E-state index in [0.717, 1.165) is 30.9 Å². The van der Waals surface area contributed by atoms with Crippen LogP contribution in [0.1, 0.15) is 44.2 Å². The number of aromatic amines is 1. The van der Waals surface area contributed by atoms with E-state index < -0.39 is 0 Å². The number of unbranched alkanes of at least 4 members (excludes halogenated alkanes) is 1. The van der Waals surface area contributed by atoms with Gasteiger partial charge in [-0.1, -0.05) is 13.3 Å². The fraction of sp³-hybridized carbons (Fsp3) is 0.733. The standard InChI is InChI=1S/C15H26N4O2/c1-3-4-7-19-8-5-6-12(10-19)15-13(9-16-18-15)17-14(20)11-21-2/h9,12H,3-8,10-11H2,1-2H3,(H,16,18)(H,17,20)/t12-/m0/s1. The summed E-state index contributed by atoms with van der Waals surface area (Å²) >= 11 is 0. The van der Waals surface area contributed by atoms with Gasteiger partial charge in [0, 0.05) is 19.6 Å². The highest BCUT2D eigenvalue weighted by Gasteiger charge is 2.24. The monoisotopic (exact) mass is 294 g/mol. The number of rotatable bonds is 7. The first-order valence-corrected chi connectivity index (χ1v) is 7.79. The predicted molar refractivity (Wildman–Crippen MR) is 82.4 cm³/mol. The Bertz CT molecular complexity index is 447. The van der Waals surface area contributed by atoms with Gasteiger partial charge in [0.05, 0.1) is 17.6 Å². The zero-order valence-corrected chi connectivity index (χ0v) is 13.0. The fourth-order valence-electron chi connectivity index (χ4n) is 2.90. The van der Waals surface area contributed by atoms with Gasteiger partial charge < -0.3 is 15.0 Å². The van der Waals surface area contributed by atoms with Crippen molar-refractivity contribution in [3.8, 4) is 0 Å².